The standard InChI is InChI=1S/C10H3F6N/c11-6-4-2-1-3-17-9(4)8(13)5(7(6)12)10(14,15)16/h1-3H. The summed E-state index contributed by atoms with van der Waals surface area (Å²) in [7, 11) is 0. The molecular formula is C10H3F6N. The van der Waals surface area contributed by atoms with Gasteiger partial charge in [0.2, 0.25) is 0 Å². The summed E-state index contributed by atoms with van der Waals surface area (Å²) in [5, 5.41) is -0.629. The zero-order valence-corrected chi connectivity index (χ0v) is 7.95. The molecule has 7 heteroatoms. The summed E-state index contributed by atoms with van der Waals surface area (Å²) < 4.78 is 76.9. The van der Waals surface area contributed by atoms with Crippen LogP contribution in [0.15, 0.2) is 18.3 Å². The Balaban J connectivity index is 2.97. The minimum atomic E-state index is -5.32. The van der Waals surface area contributed by atoms with E-state index in [-0.39, 0.29) is 0 Å². The smallest absolute Gasteiger partial charge is 0.253 e. The van der Waals surface area contributed by atoms with Crippen molar-refractivity contribution in [3.63, 3.8) is 0 Å². The highest BCUT2D eigenvalue weighted by atomic mass is 19.4. The molecule has 1 aromatic heterocycles. The number of alkyl halides is 3. The minimum absolute atomic E-state index is 0.629. The maximum absolute atomic E-state index is 13.4. The van der Waals surface area contributed by atoms with Crippen LogP contribution in [0.3, 0.4) is 0 Å². The molecule has 2 aromatic rings. The van der Waals surface area contributed by atoms with Crippen molar-refractivity contribution in [2.24, 2.45) is 0 Å². The predicted molar refractivity (Wildman–Crippen MR) is 46.6 cm³/mol. The summed E-state index contributed by atoms with van der Waals surface area (Å²) in [6.45, 7) is 0. The molecule has 0 aliphatic carbocycles. The van der Waals surface area contributed by atoms with Gasteiger partial charge < -0.3 is 0 Å². The summed E-state index contributed by atoms with van der Waals surface area (Å²) >= 11 is 0. The summed E-state index contributed by atoms with van der Waals surface area (Å²) in [5.74, 6) is -5.93. The summed E-state index contributed by atoms with van der Waals surface area (Å²) in [5.41, 5.74) is -3.11. The van der Waals surface area contributed by atoms with Gasteiger partial charge in [-0.15, -0.1) is 0 Å². The zero-order chi connectivity index (χ0) is 12.8. The lowest BCUT2D eigenvalue weighted by atomic mass is 10.1. The fourth-order valence-corrected chi connectivity index (χ4v) is 1.45. The second kappa shape index (κ2) is 3.61. The number of rotatable bonds is 0. The maximum Gasteiger partial charge on any atom is 0.422 e. The predicted octanol–water partition coefficient (Wildman–Crippen LogP) is 3.67. The Labute approximate surface area is 90.7 Å². The third-order valence-corrected chi connectivity index (χ3v) is 2.17. The van der Waals surface area contributed by atoms with Crippen molar-refractivity contribution < 1.29 is 26.3 Å². The molecule has 0 fully saturated rings. The van der Waals surface area contributed by atoms with Gasteiger partial charge in [0, 0.05) is 11.6 Å². The van der Waals surface area contributed by atoms with E-state index in [4.69, 9.17) is 0 Å². The molecule has 17 heavy (non-hydrogen) atoms. The first-order valence-corrected chi connectivity index (χ1v) is 4.32. The Kier molecular flexibility index (Phi) is 2.48. The lowest BCUT2D eigenvalue weighted by Crippen LogP contribution is -2.14. The Morgan fingerprint density at radius 2 is 1.59 bits per heavy atom. The fraction of sp³-hybridized carbons (Fsp3) is 0.100. The molecule has 1 aromatic carbocycles. The van der Waals surface area contributed by atoms with Crippen LogP contribution in [-0.2, 0) is 6.18 Å². The molecule has 0 atom stereocenters. The van der Waals surface area contributed by atoms with Gasteiger partial charge in [-0.2, -0.15) is 13.2 Å². The van der Waals surface area contributed by atoms with Crippen LogP contribution < -0.4 is 0 Å². The number of halogens is 6. The van der Waals surface area contributed by atoms with Gasteiger partial charge in [0.1, 0.15) is 11.1 Å². The lowest BCUT2D eigenvalue weighted by Gasteiger charge is -2.11. The Hall–Kier alpha value is -1.79. The number of hydrogen-bond acceptors (Lipinski definition) is 1. The third-order valence-electron chi connectivity index (χ3n) is 2.17. The van der Waals surface area contributed by atoms with Crippen molar-refractivity contribution in [3.05, 3.63) is 41.3 Å². The Morgan fingerprint density at radius 1 is 0.941 bits per heavy atom. The molecule has 0 radical (unpaired) electrons. The van der Waals surface area contributed by atoms with E-state index < -0.39 is 40.1 Å². The topological polar surface area (TPSA) is 12.9 Å². The van der Waals surface area contributed by atoms with E-state index in [1.807, 2.05) is 0 Å². The monoisotopic (exact) mass is 251 g/mol. The van der Waals surface area contributed by atoms with Crippen LogP contribution in [0.4, 0.5) is 26.3 Å². The van der Waals surface area contributed by atoms with Crippen LogP contribution in [-0.4, -0.2) is 4.98 Å². The van der Waals surface area contributed by atoms with Crippen molar-refractivity contribution in [1.82, 2.24) is 4.98 Å². The number of fused-ring (bicyclic) bond motifs is 1. The van der Waals surface area contributed by atoms with E-state index in [0.29, 0.717) is 0 Å². The average molecular weight is 251 g/mol. The number of benzene rings is 1. The van der Waals surface area contributed by atoms with E-state index >= 15 is 0 Å². The molecule has 0 N–H and O–H groups in total. The van der Waals surface area contributed by atoms with Crippen molar-refractivity contribution in [3.8, 4) is 0 Å². The molecule has 0 aliphatic rings. The number of hydrogen-bond donors (Lipinski definition) is 0. The summed E-state index contributed by atoms with van der Waals surface area (Å²) in [6, 6.07) is 2.11. The first-order valence-electron chi connectivity index (χ1n) is 4.32. The molecule has 0 spiro atoms. The lowest BCUT2D eigenvalue weighted by molar-refractivity contribution is -0.142. The van der Waals surface area contributed by atoms with Crippen molar-refractivity contribution >= 4 is 10.9 Å². The van der Waals surface area contributed by atoms with E-state index in [2.05, 4.69) is 4.98 Å². The first-order chi connectivity index (χ1) is 7.84. The SMILES string of the molecule is Fc1c(C(F)(F)F)c(F)c2ncccc2c1F. The number of nitrogens with zero attached hydrogens (tertiary/aromatic N) is 1. The molecule has 2 rings (SSSR count). The van der Waals surface area contributed by atoms with Crippen LogP contribution in [0.5, 0.6) is 0 Å². The van der Waals surface area contributed by atoms with Gasteiger partial charge >= 0.3 is 6.18 Å². The Bertz CT molecular complexity index is 589. The maximum atomic E-state index is 13.4. The van der Waals surface area contributed by atoms with Gasteiger partial charge in [-0.1, -0.05) is 0 Å². The fourth-order valence-electron chi connectivity index (χ4n) is 1.45. The molecule has 1 nitrogen and oxygen atoms in total. The van der Waals surface area contributed by atoms with Crippen LogP contribution in [0.1, 0.15) is 5.56 Å². The van der Waals surface area contributed by atoms with Gasteiger partial charge in [0.25, 0.3) is 0 Å². The minimum Gasteiger partial charge on any atom is -0.253 e. The molecular weight excluding hydrogens is 248 g/mol. The molecule has 0 saturated heterocycles. The van der Waals surface area contributed by atoms with Crippen molar-refractivity contribution in [2.75, 3.05) is 0 Å². The highest BCUT2D eigenvalue weighted by Gasteiger charge is 2.40. The van der Waals surface area contributed by atoms with Gasteiger partial charge in [0.05, 0.1) is 0 Å². The van der Waals surface area contributed by atoms with E-state index in [9.17, 15) is 26.3 Å². The van der Waals surface area contributed by atoms with Crippen molar-refractivity contribution in [1.29, 1.82) is 0 Å². The second-order valence-electron chi connectivity index (χ2n) is 3.21. The number of pyridine rings is 1. The van der Waals surface area contributed by atoms with E-state index in [1.54, 1.807) is 0 Å². The Morgan fingerprint density at radius 3 is 2.18 bits per heavy atom. The van der Waals surface area contributed by atoms with Gasteiger partial charge in [-0.05, 0) is 12.1 Å². The van der Waals surface area contributed by atoms with Gasteiger partial charge in [-0.25, -0.2) is 13.2 Å². The highest BCUT2D eigenvalue weighted by Crippen LogP contribution is 2.37. The summed E-state index contributed by atoms with van der Waals surface area (Å²) in [6.07, 6.45) is -4.33. The molecule has 0 saturated carbocycles. The first kappa shape index (κ1) is 11.7. The van der Waals surface area contributed by atoms with Crippen LogP contribution in [0.25, 0.3) is 10.9 Å². The third kappa shape index (κ3) is 1.71. The molecule has 0 unspecified atom stereocenters. The average Bonchev–Trinajstić information content (AvgIpc) is 2.24. The normalized spacial score (nSPS) is 12.1. The highest BCUT2D eigenvalue weighted by molar-refractivity contribution is 5.80. The van der Waals surface area contributed by atoms with E-state index in [0.717, 1.165) is 18.3 Å². The largest absolute Gasteiger partial charge is 0.422 e. The molecule has 1 heterocycles. The number of aromatic nitrogens is 1. The van der Waals surface area contributed by atoms with Gasteiger partial charge in [0.15, 0.2) is 17.5 Å². The van der Waals surface area contributed by atoms with E-state index in [1.165, 1.54) is 0 Å². The van der Waals surface area contributed by atoms with Crippen molar-refractivity contribution in [2.45, 2.75) is 6.18 Å². The molecule has 0 bridgehead atoms. The quantitative estimate of drug-likeness (QED) is 0.514. The second-order valence-corrected chi connectivity index (χ2v) is 3.21. The van der Waals surface area contributed by atoms with Gasteiger partial charge in [-0.3, -0.25) is 4.98 Å². The molecule has 0 amide bonds. The summed E-state index contributed by atoms with van der Waals surface area (Å²) in [4.78, 5) is 3.28. The zero-order valence-electron chi connectivity index (χ0n) is 7.95. The molecule has 0 aliphatic heterocycles. The van der Waals surface area contributed by atoms with Crippen LogP contribution >= 0.6 is 0 Å². The van der Waals surface area contributed by atoms with Crippen LogP contribution in [0, 0.1) is 17.5 Å². The van der Waals surface area contributed by atoms with Crippen LogP contribution in [0.2, 0.25) is 0 Å². The molecule has 90 valence electrons.